The van der Waals surface area contributed by atoms with Crippen LogP contribution in [0.1, 0.15) is 23.6 Å². The minimum atomic E-state index is 0.147. The Hall–Kier alpha value is -1.32. The van der Waals surface area contributed by atoms with Gasteiger partial charge < -0.3 is 4.74 Å². The first-order chi connectivity index (χ1) is 7.35. The van der Waals surface area contributed by atoms with E-state index in [1.165, 1.54) is 11.1 Å². The highest BCUT2D eigenvalue weighted by Gasteiger charge is 2.15. The topological polar surface area (TPSA) is 47.3 Å². The van der Waals surface area contributed by atoms with Gasteiger partial charge in [0.25, 0.3) is 0 Å². The van der Waals surface area contributed by atoms with E-state index in [2.05, 4.69) is 24.1 Å². The number of nitrogens with two attached hydrogens (primary N) is 1. The highest BCUT2D eigenvalue weighted by molar-refractivity contribution is 5.40. The van der Waals surface area contributed by atoms with Crippen molar-refractivity contribution in [2.75, 3.05) is 6.61 Å². The molecule has 3 nitrogen and oxygen atoms in total. The van der Waals surface area contributed by atoms with Crippen molar-refractivity contribution in [2.24, 2.45) is 5.84 Å². The molecule has 0 amide bonds. The summed E-state index contributed by atoms with van der Waals surface area (Å²) in [5, 5.41) is 0. The molecule has 0 saturated carbocycles. The van der Waals surface area contributed by atoms with Crippen LogP contribution in [-0.2, 0) is 6.42 Å². The van der Waals surface area contributed by atoms with Gasteiger partial charge in [-0.1, -0.05) is 18.2 Å². The maximum atomic E-state index is 5.51. The molecule has 80 valence electrons. The number of fused-ring (bicyclic) bond motifs is 1. The van der Waals surface area contributed by atoms with Crippen molar-refractivity contribution in [3.05, 3.63) is 42.0 Å². The predicted octanol–water partition coefficient (Wildman–Crippen LogP) is 1.70. The van der Waals surface area contributed by atoms with E-state index in [1.807, 2.05) is 12.1 Å². The number of hydrogen-bond acceptors (Lipinski definition) is 3. The van der Waals surface area contributed by atoms with Crippen LogP contribution in [0.3, 0.4) is 0 Å². The second kappa shape index (κ2) is 4.47. The maximum Gasteiger partial charge on any atom is 0.122 e. The average molecular weight is 204 g/mol. The normalized spacial score (nSPS) is 15.5. The van der Waals surface area contributed by atoms with Gasteiger partial charge in [-0.25, -0.2) is 0 Å². The summed E-state index contributed by atoms with van der Waals surface area (Å²) in [6, 6.07) is 6.38. The maximum absolute atomic E-state index is 5.51. The molecule has 1 aliphatic rings. The van der Waals surface area contributed by atoms with Gasteiger partial charge in [0.1, 0.15) is 5.75 Å². The molecule has 15 heavy (non-hydrogen) atoms. The molecule has 1 aliphatic heterocycles. The van der Waals surface area contributed by atoms with Crippen molar-refractivity contribution in [3.8, 4) is 5.75 Å². The Bertz CT molecular complexity index is 363. The summed E-state index contributed by atoms with van der Waals surface area (Å²) >= 11 is 0. The molecular weight excluding hydrogens is 188 g/mol. The minimum Gasteiger partial charge on any atom is -0.493 e. The molecule has 1 heterocycles. The molecule has 1 unspecified atom stereocenters. The van der Waals surface area contributed by atoms with Gasteiger partial charge in [0, 0.05) is 12.5 Å². The molecule has 0 radical (unpaired) electrons. The summed E-state index contributed by atoms with van der Waals surface area (Å²) in [4.78, 5) is 0. The molecule has 0 aliphatic carbocycles. The van der Waals surface area contributed by atoms with Crippen molar-refractivity contribution in [3.63, 3.8) is 0 Å². The fourth-order valence-electron chi connectivity index (χ4n) is 1.89. The molecule has 1 atom stereocenters. The SMILES string of the molecule is C=CCC(NN)c1ccc2c(c1)CCO2. The standard InChI is InChI=1S/C12H16N2O/c1-2-3-11(14-13)9-4-5-12-10(8-9)6-7-15-12/h2,4-5,8,11,14H,1,3,6-7,13H2. The van der Waals surface area contributed by atoms with E-state index in [1.54, 1.807) is 0 Å². The van der Waals surface area contributed by atoms with Crippen LogP contribution in [-0.4, -0.2) is 6.61 Å². The zero-order valence-corrected chi connectivity index (χ0v) is 8.70. The van der Waals surface area contributed by atoms with Crippen LogP contribution in [0.5, 0.6) is 5.75 Å². The number of ether oxygens (including phenoxy) is 1. The van der Waals surface area contributed by atoms with Gasteiger partial charge >= 0.3 is 0 Å². The third-order valence-electron chi connectivity index (χ3n) is 2.72. The van der Waals surface area contributed by atoms with Crippen molar-refractivity contribution in [1.82, 2.24) is 5.43 Å². The number of nitrogens with one attached hydrogen (secondary N) is 1. The van der Waals surface area contributed by atoms with Crippen molar-refractivity contribution < 1.29 is 4.74 Å². The largest absolute Gasteiger partial charge is 0.493 e. The van der Waals surface area contributed by atoms with Crippen LogP contribution < -0.4 is 16.0 Å². The molecule has 0 saturated heterocycles. The Labute approximate surface area is 89.9 Å². The smallest absolute Gasteiger partial charge is 0.122 e. The number of benzene rings is 1. The summed E-state index contributed by atoms with van der Waals surface area (Å²) in [7, 11) is 0. The van der Waals surface area contributed by atoms with E-state index < -0.39 is 0 Å². The molecule has 3 N–H and O–H groups in total. The van der Waals surface area contributed by atoms with Crippen molar-refractivity contribution in [1.29, 1.82) is 0 Å². The molecule has 0 fully saturated rings. The van der Waals surface area contributed by atoms with Gasteiger partial charge in [0.05, 0.1) is 6.61 Å². The quantitative estimate of drug-likeness (QED) is 0.446. The van der Waals surface area contributed by atoms with Crippen molar-refractivity contribution >= 4 is 0 Å². The fraction of sp³-hybridized carbons (Fsp3) is 0.333. The Morgan fingerprint density at radius 2 is 2.47 bits per heavy atom. The van der Waals surface area contributed by atoms with Crippen LogP contribution in [0.25, 0.3) is 0 Å². The average Bonchev–Trinajstić information content (AvgIpc) is 2.72. The van der Waals surface area contributed by atoms with Crippen LogP contribution in [0.2, 0.25) is 0 Å². The molecule has 0 spiro atoms. The van der Waals surface area contributed by atoms with E-state index in [4.69, 9.17) is 10.6 Å². The highest BCUT2D eigenvalue weighted by Crippen LogP contribution is 2.28. The highest BCUT2D eigenvalue weighted by atomic mass is 16.5. The third-order valence-corrected chi connectivity index (χ3v) is 2.72. The van der Waals surface area contributed by atoms with Crippen molar-refractivity contribution in [2.45, 2.75) is 18.9 Å². The molecule has 1 aromatic rings. The minimum absolute atomic E-state index is 0.147. The van der Waals surface area contributed by atoms with Gasteiger partial charge in [-0.2, -0.15) is 0 Å². The molecular formula is C12H16N2O. The molecule has 2 rings (SSSR count). The third kappa shape index (κ3) is 2.03. The van der Waals surface area contributed by atoms with Gasteiger partial charge in [0.2, 0.25) is 0 Å². The zero-order valence-electron chi connectivity index (χ0n) is 8.70. The zero-order chi connectivity index (χ0) is 10.7. The summed E-state index contributed by atoms with van der Waals surface area (Å²) in [6.45, 7) is 4.52. The van der Waals surface area contributed by atoms with E-state index in [-0.39, 0.29) is 6.04 Å². The van der Waals surface area contributed by atoms with E-state index >= 15 is 0 Å². The van der Waals surface area contributed by atoms with E-state index in [0.717, 1.165) is 25.2 Å². The summed E-state index contributed by atoms with van der Waals surface area (Å²) < 4.78 is 5.45. The second-order valence-corrected chi connectivity index (χ2v) is 3.71. The molecule has 0 bridgehead atoms. The van der Waals surface area contributed by atoms with E-state index in [0.29, 0.717) is 0 Å². The Balaban J connectivity index is 2.24. The van der Waals surface area contributed by atoms with Crippen LogP contribution in [0.4, 0.5) is 0 Å². The Kier molecular flexibility index (Phi) is 3.04. The fourth-order valence-corrected chi connectivity index (χ4v) is 1.89. The lowest BCUT2D eigenvalue weighted by Crippen LogP contribution is -2.27. The van der Waals surface area contributed by atoms with Gasteiger partial charge in [-0.15, -0.1) is 6.58 Å². The van der Waals surface area contributed by atoms with Crippen LogP contribution in [0.15, 0.2) is 30.9 Å². The predicted molar refractivity (Wildman–Crippen MR) is 60.5 cm³/mol. The van der Waals surface area contributed by atoms with Crippen LogP contribution in [0, 0.1) is 0 Å². The number of hydrazine groups is 1. The Morgan fingerprint density at radius 3 is 3.20 bits per heavy atom. The van der Waals surface area contributed by atoms with Gasteiger partial charge in [-0.05, 0) is 23.6 Å². The van der Waals surface area contributed by atoms with E-state index in [9.17, 15) is 0 Å². The first-order valence-corrected chi connectivity index (χ1v) is 5.18. The first-order valence-electron chi connectivity index (χ1n) is 5.18. The molecule has 0 aromatic heterocycles. The lowest BCUT2D eigenvalue weighted by atomic mass is 10.0. The first kappa shape index (κ1) is 10.2. The van der Waals surface area contributed by atoms with Gasteiger partial charge in [0.15, 0.2) is 0 Å². The monoisotopic (exact) mass is 204 g/mol. The number of hydrogen-bond donors (Lipinski definition) is 2. The second-order valence-electron chi connectivity index (χ2n) is 3.71. The molecule has 1 aromatic carbocycles. The number of rotatable bonds is 4. The van der Waals surface area contributed by atoms with Gasteiger partial charge in [-0.3, -0.25) is 11.3 Å². The lowest BCUT2D eigenvalue weighted by Gasteiger charge is -2.14. The van der Waals surface area contributed by atoms with Crippen LogP contribution >= 0.6 is 0 Å². The molecule has 3 heteroatoms. The summed E-state index contributed by atoms with van der Waals surface area (Å²) in [6.07, 6.45) is 3.69. The summed E-state index contributed by atoms with van der Waals surface area (Å²) in [5.41, 5.74) is 5.27. The Morgan fingerprint density at radius 1 is 1.60 bits per heavy atom. The lowest BCUT2D eigenvalue weighted by molar-refractivity contribution is 0.356. The summed E-state index contributed by atoms with van der Waals surface area (Å²) in [5.74, 6) is 6.51.